The van der Waals surface area contributed by atoms with Crippen LogP contribution >= 0.6 is 0 Å². The first kappa shape index (κ1) is 22.9. The summed E-state index contributed by atoms with van der Waals surface area (Å²) in [6, 6.07) is 10.8. The molecule has 0 radical (unpaired) electrons. The van der Waals surface area contributed by atoms with Gasteiger partial charge in [-0.15, -0.1) is 0 Å². The van der Waals surface area contributed by atoms with E-state index in [1.54, 1.807) is 18.2 Å². The van der Waals surface area contributed by atoms with E-state index in [-0.39, 0.29) is 5.82 Å². The van der Waals surface area contributed by atoms with Crippen molar-refractivity contribution in [2.45, 2.75) is 57.8 Å². The van der Waals surface area contributed by atoms with Crippen molar-refractivity contribution in [1.29, 1.82) is 0 Å². The average Bonchev–Trinajstić information content (AvgIpc) is 2.81. The summed E-state index contributed by atoms with van der Waals surface area (Å²) >= 11 is 0. The molecule has 1 heterocycles. The maximum atomic E-state index is 13.9. The van der Waals surface area contributed by atoms with Crippen LogP contribution in [-0.4, -0.2) is 4.98 Å². The van der Waals surface area contributed by atoms with E-state index < -0.39 is 11.6 Å². The smallest absolute Gasteiger partial charge is 0.160 e. The van der Waals surface area contributed by atoms with Crippen molar-refractivity contribution in [3.05, 3.63) is 84.0 Å². The van der Waals surface area contributed by atoms with Gasteiger partial charge in [0.15, 0.2) is 11.6 Å². The number of hydrogen-bond donors (Lipinski definition) is 1. The Morgan fingerprint density at radius 2 is 1.82 bits per heavy atom. The van der Waals surface area contributed by atoms with Gasteiger partial charge in [-0.2, -0.15) is 0 Å². The number of nitrogens with zero attached hydrogens (tertiary/aromatic N) is 1. The molecule has 3 aromatic rings. The van der Waals surface area contributed by atoms with Crippen LogP contribution < -0.4 is 5.32 Å². The lowest BCUT2D eigenvalue weighted by Gasteiger charge is -2.53. The Kier molecular flexibility index (Phi) is 6.13. The average molecular weight is 465 g/mol. The lowest BCUT2D eigenvalue weighted by molar-refractivity contribution is 0.0250. The molecular formula is C29H31F3N2. The lowest BCUT2D eigenvalue weighted by Crippen LogP contribution is -2.40. The number of hydrogen-bond acceptors (Lipinski definition) is 2. The van der Waals surface area contributed by atoms with Gasteiger partial charge in [0.1, 0.15) is 5.82 Å². The van der Waals surface area contributed by atoms with Gasteiger partial charge < -0.3 is 5.32 Å². The molecule has 2 aliphatic rings. The molecular weight excluding hydrogens is 433 g/mol. The van der Waals surface area contributed by atoms with Crippen LogP contribution in [-0.2, 0) is 0 Å². The molecule has 0 aliphatic heterocycles. The summed E-state index contributed by atoms with van der Waals surface area (Å²) in [5, 5.41) is 4.17. The van der Waals surface area contributed by atoms with Gasteiger partial charge in [-0.1, -0.05) is 13.5 Å². The molecule has 2 aliphatic carbocycles. The largest absolute Gasteiger partial charge is 0.359 e. The molecule has 5 rings (SSSR count). The zero-order valence-electron chi connectivity index (χ0n) is 19.6. The van der Waals surface area contributed by atoms with Gasteiger partial charge in [-0.25, -0.2) is 13.2 Å². The van der Waals surface area contributed by atoms with Crippen molar-refractivity contribution in [1.82, 2.24) is 4.98 Å². The Morgan fingerprint density at radius 1 is 1.06 bits per heavy atom. The van der Waals surface area contributed by atoms with Crippen molar-refractivity contribution >= 4 is 16.6 Å². The van der Waals surface area contributed by atoms with Crippen molar-refractivity contribution in [3.63, 3.8) is 0 Å². The second-order valence-electron chi connectivity index (χ2n) is 10.3. The molecule has 1 spiro atoms. The van der Waals surface area contributed by atoms with Crippen molar-refractivity contribution < 1.29 is 13.2 Å². The number of halogens is 3. The van der Waals surface area contributed by atoms with Crippen LogP contribution in [0.4, 0.5) is 18.9 Å². The zero-order valence-corrected chi connectivity index (χ0v) is 19.6. The van der Waals surface area contributed by atoms with Crippen LogP contribution in [0.2, 0.25) is 0 Å². The predicted molar refractivity (Wildman–Crippen MR) is 131 cm³/mol. The highest BCUT2D eigenvalue weighted by atomic mass is 19.2. The van der Waals surface area contributed by atoms with Gasteiger partial charge in [-0.05, 0) is 104 Å². The van der Waals surface area contributed by atoms with E-state index in [4.69, 9.17) is 0 Å². The summed E-state index contributed by atoms with van der Waals surface area (Å²) in [6.07, 6.45) is 9.80. The molecule has 0 saturated heterocycles. The van der Waals surface area contributed by atoms with Gasteiger partial charge in [0.05, 0.1) is 5.52 Å². The van der Waals surface area contributed by atoms with Crippen LogP contribution in [0.1, 0.15) is 63.4 Å². The molecule has 0 amide bonds. The quantitative estimate of drug-likeness (QED) is 0.396. The van der Waals surface area contributed by atoms with Crippen LogP contribution in [0.15, 0.2) is 60.9 Å². The highest BCUT2D eigenvalue weighted by molar-refractivity contribution is 5.82. The Bertz CT molecular complexity index is 1210. The standard InChI is InChI=1S/C29H31F3N2/c1-3-23(18(2)34-22-5-6-26(31)27(32)15-22)19-8-11-29(12-9-19)16-20(17-29)24-10-13-33-28-7-4-21(30)14-25(24)28/h4-7,10,13-15,19-20,23,34H,2-3,8-9,11-12,16-17H2,1H3. The zero-order chi connectivity index (χ0) is 23.9. The topological polar surface area (TPSA) is 24.9 Å². The first-order chi connectivity index (χ1) is 16.4. The summed E-state index contributed by atoms with van der Waals surface area (Å²) in [4.78, 5) is 4.40. The molecule has 2 fully saturated rings. The summed E-state index contributed by atoms with van der Waals surface area (Å²) in [5.74, 6) is -0.599. The lowest BCUT2D eigenvalue weighted by atomic mass is 9.52. The fourth-order valence-electron chi connectivity index (χ4n) is 6.48. The van der Waals surface area contributed by atoms with Crippen LogP contribution in [0.3, 0.4) is 0 Å². The van der Waals surface area contributed by atoms with Crippen LogP contribution in [0.25, 0.3) is 10.9 Å². The number of anilines is 1. The number of nitrogens with one attached hydrogen (secondary N) is 1. The second kappa shape index (κ2) is 9.09. The van der Waals surface area contributed by atoms with Gasteiger partial charge in [0, 0.05) is 35.0 Å². The molecule has 5 heteroatoms. The third-order valence-corrected chi connectivity index (χ3v) is 8.31. The first-order valence-electron chi connectivity index (χ1n) is 12.3. The molecule has 178 valence electrons. The summed E-state index contributed by atoms with van der Waals surface area (Å²) in [7, 11) is 0. The van der Waals surface area contributed by atoms with Crippen LogP contribution in [0.5, 0.6) is 0 Å². The Labute approximate surface area is 199 Å². The molecule has 2 nitrogen and oxygen atoms in total. The third kappa shape index (κ3) is 4.33. The van der Waals surface area contributed by atoms with E-state index >= 15 is 0 Å². The monoisotopic (exact) mass is 464 g/mol. The van der Waals surface area contributed by atoms with Gasteiger partial charge in [-0.3, -0.25) is 4.98 Å². The summed E-state index contributed by atoms with van der Waals surface area (Å²) in [5.41, 5.74) is 3.90. The summed E-state index contributed by atoms with van der Waals surface area (Å²) < 4.78 is 40.7. The number of benzene rings is 2. The molecule has 1 unspecified atom stereocenters. The molecule has 1 N–H and O–H groups in total. The number of fused-ring (bicyclic) bond motifs is 1. The van der Waals surface area contributed by atoms with E-state index in [1.165, 1.54) is 30.5 Å². The molecule has 1 aromatic heterocycles. The minimum absolute atomic E-state index is 0.209. The second-order valence-corrected chi connectivity index (χ2v) is 10.3. The minimum Gasteiger partial charge on any atom is -0.359 e. The number of allylic oxidation sites excluding steroid dienone is 1. The van der Waals surface area contributed by atoms with Gasteiger partial charge >= 0.3 is 0 Å². The van der Waals surface area contributed by atoms with E-state index in [0.29, 0.717) is 28.9 Å². The van der Waals surface area contributed by atoms with Crippen molar-refractivity contribution in [3.8, 4) is 0 Å². The highest BCUT2D eigenvalue weighted by Crippen LogP contribution is 2.60. The minimum atomic E-state index is -0.852. The van der Waals surface area contributed by atoms with E-state index in [0.717, 1.165) is 54.8 Å². The Morgan fingerprint density at radius 3 is 2.53 bits per heavy atom. The van der Waals surface area contributed by atoms with Crippen LogP contribution in [0, 0.1) is 34.7 Å². The first-order valence-corrected chi connectivity index (χ1v) is 12.3. The molecule has 34 heavy (non-hydrogen) atoms. The normalized spacial score (nSPS) is 25.2. The summed E-state index contributed by atoms with van der Waals surface area (Å²) in [6.45, 7) is 6.41. The number of rotatable bonds is 6. The fourth-order valence-corrected chi connectivity index (χ4v) is 6.48. The fraction of sp³-hybridized carbons (Fsp3) is 0.414. The molecule has 2 aromatic carbocycles. The van der Waals surface area contributed by atoms with Gasteiger partial charge in [0.25, 0.3) is 0 Å². The molecule has 0 bridgehead atoms. The van der Waals surface area contributed by atoms with Crippen molar-refractivity contribution in [2.24, 2.45) is 17.3 Å². The van der Waals surface area contributed by atoms with E-state index in [1.807, 2.05) is 6.20 Å². The Balaban J connectivity index is 1.21. The SMILES string of the molecule is C=C(Nc1ccc(F)c(F)c1)C(CC)C1CCC2(CC1)CC(c1ccnc3ccc(F)cc13)C2. The maximum Gasteiger partial charge on any atom is 0.160 e. The number of pyridine rings is 1. The molecule has 2 saturated carbocycles. The van der Waals surface area contributed by atoms with E-state index in [9.17, 15) is 13.2 Å². The number of aromatic nitrogens is 1. The van der Waals surface area contributed by atoms with Gasteiger partial charge in [0.2, 0.25) is 0 Å². The maximum absolute atomic E-state index is 13.9. The Hall–Kier alpha value is -2.82. The third-order valence-electron chi connectivity index (χ3n) is 8.31. The highest BCUT2D eigenvalue weighted by Gasteiger charge is 2.47. The predicted octanol–water partition coefficient (Wildman–Crippen LogP) is 8.36. The van der Waals surface area contributed by atoms with E-state index in [2.05, 4.69) is 29.9 Å². The molecule has 1 atom stereocenters. The van der Waals surface area contributed by atoms with Crippen molar-refractivity contribution in [2.75, 3.05) is 5.32 Å².